The number of aromatic nitrogens is 4. The summed E-state index contributed by atoms with van der Waals surface area (Å²) in [5, 5.41) is 26.6. The number of thioether (sulfide) groups is 1. The van der Waals surface area contributed by atoms with Crippen LogP contribution in [0.5, 0.6) is 0 Å². The fourth-order valence-corrected chi connectivity index (χ4v) is 10.2. The molecule has 0 aromatic carbocycles. The average molecular weight is 1080 g/mol. The Morgan fingerprint density at radius 2 is 1.48 bits per heavy atom. The predicted octanol–water partition coefficient (Wildman–Crippen LogP) is 5.59. The molecule has 7 atom stereocenters. The summed E-state index contributed by atoms with van der Waals surface area (Å²) in [6.07, 6.45) is 22.5. The first-order valence-electron chi connectivity index (χ1n) is 23.2. The zero-order valence-electron chi connectivity index (χ0n) is 40.2. The lowest BCUT2D eigenvalue weighted by molar-refractivity contribution is -0.137. The number of rotatable bonds is 35. The molecule has 24 nitrogen and oxygen atoms in total. The van der Waals surface area contributed by atoms with Crippen LogP contribution in [0.2, 0.25) is 0 Å². The highest BCUT2D eigenvalue weighted by Gasteiger charge is 2.50. The number of nitrogen functional groups attached to an aromatic ring is 1. The van der Waals surface area contributed by atoms with Crippen LogP contribution in [0, 0.1) is 5.41 Å². The molecular formula is C43H70N7O17P3S. The molecule has 1 aliphatic heterocycles. The zero-order valence-corrected chi connectivity index (χ0v) is 43.7. The molecule has 0 spiro atoms. The number of carbonyl (C=O) groups excluding carboxylic acids is 3. The summed E-state index contributed by atoms with van der Waals surface area (Å²) in [5.74, 6) is -1.07. The van der Waals surface area contributed by atoms with Crippen molar-refractivity contribution in [3.63, 3.8) is 0 Å². The molecule has 10 N–H and O–H groups in total. The molecule has 2 amide bonds. The first-order chi connectivity index (χ1) is 33.6. The Morgan fingerprint density at radius 1 is 0.859 bits per heavy atom. The van der Waals surface area contributed by atoms with E-state index in [4.69, 9.17) is 19.5 Å². The van der Waals surface area contributed by atoms with Crippen LogP contribution >= 0.6 is 35.2 Å². The summed E-state index contributed by atoms with van der Waals surface area (Å²) in [6, 6.07) is 0. The van der Waals surface area contributed by atoms with E-state index >= 15 is 0 Å². The van der Waals surface area contributed by atoms with Crippen LogP contribution < -0.4 is 16.4 Å². The van der Waals surface area contributed by atoms with Crippen LogP contribution in [-0.4, -0.2) is 123 Å². The van der Waals surface area contributed by atoms with E-state index in [2.05, 4.69) is 90.0 Å². The van der Waals surface area contributed by atoms with Crippen molar-refractivity contribution in [3.05, 3.63) is 61.3 Å². The Kier molecular flexibility index (Phi) is 27.3. The Morgan fingerprint density at radius 3 is 2.11 bits per heavy atom. The van der Waals surface area contributed by atoms with Gasteiger partial charge >= 0.3 is 23.5 Å². The largest absolute Gasteiger partial charge is 0.481 e. The third-order valence-electron chi connectivity index (χ3n) is 10.5. The number of anilines is 1. The van der Waals surface area contributed by atoms with Gasteiger partial charge in [0.15, 0.2) is 22.8 Å². The van der Waals surface area contributed by atoms with E-state index in [0.29, 0.717) is 12.2 Å². The maximum Gasteiger partial charge on any atom is 0.481 e. The summed E-state index contributed by atoms with van der Waals surface area (Å²) in [7, 11) is -16.4. The van der Waals surface area contributed by atoms with E-state index in [1.807, 2.05) is 0 Å². The van der Waals surface area contributed by atoms with E-state index in [1.54, 1.807) is 0 Å². The third kappa shape index (κ3) is 24.0. The van der Waals surface area contributed by atoms with E-state index in [0.717, 1.165) is 80.4 Å². The van der Waals surface area contributed by atoms with Crippen molar-refractivity contribution in [3.8, 4) is 0 Å². The molecule has 400 valence electrons. The number of aliphatic hydroxyl groups excluding tert-OH is 2. The minimum absolute atomic E-state index is 0.0310. The number of unbranched alkanes of at least 4 members (excludes halogenated alkanes) is 6. The quantitative estimate of drug-likeness (QED) is 0.0231. The molecule has 0 bridgehead atoms. The first kappa shape index (κ1) is 61.8. The molecule has 28 heteroatoms. The Labute approximate surface area is 417 Å². The number of phosphoric acid groups is 3. The van der Waals surface area contributed by atoms with Gasteiger partial charge in [0.25, 0.3) is 0 Å². The van der Waals surface area contributed by atoms with Crippen LogP contribution in [-0.2, 0) is 50.7 Å². The van der Waals surface area contributed by atoms with Crippen molar-refractivity contribution >= 4 is 69.1 Å². The summed E-state index contributed by atoms with van der Waals surface area (Å²) in [4.78, 5) is 88.4. The number of amides is 2. The zero-order chi connectivity index (χ0) is 52.5. The van der Waals surface area contributed by atoms with Crippen molar-refractivity contribution in [1.82, 2.24) is 30.2 Å². The topological polar surface area (TPSA) is 364 Å². The van der Waals surface area contributed by atoms with Gasteiger partial charge < -0.3 is 50.9 Å². The number of hydrogen-bond donors (Lipinski definition) is 9. The van der Waals surface area contributed by atoms with Gasteiger partial charge in [-0.2, -0.15) is 4.31 Å². The minimum Gasteiger partial charge on any atom is -0.386 e. The van der Waals surface area contributed by atoms with Crippen LogP contribution in [0.1, 0.15) is 110 Å². The van der Waals surface area contributed by atoms with E-state index < -0.39 is 84.6 Å². The SMILES string of the molecule is CCCCC/C=C\C/C=C\C/C=C\C/C=C\CCCCCC(=O)SCCNC(=O)CCNC(=O)[C@H](O)C(C)(C)COP(=O)(O)OP(=O)(O)OC[C@H]1O[C@@H](n2cnc3c(N)ncnc32)C(O)C1OP(=O)(O)O. The summed E-state index contributed by atoms with van der Waals surface area (Å²) < 4.78 is 62.5. The normalized spacial score (nSPS) is 20.1. The highest BCUT2D eigenvalue weighted by atomic mass is 32.2. The first-order valence-corrected chi connectivity index (χ1v) is 28.7. The lowest BCUT2D eigenvalue weighted by Crippen LogP contribution is -2.46. The van der Waals surface area contributed by atoms with E-state index in [1.165, 1.54) is 33.1 Å². The number of allylic oxidation sites excluding steroid dienone is 8. The highest BCUT2D eigenvalue weighted by Crippen LogP contribution is 2.61. The molecule has 0 saturated carbocycles. The molecule has 1 saturated heterocycles. The number of nitrogens with two attached hydrogens (primary N) is 1. The minimum atomic E-state index is -5.58. The molecule has 4 unspecified atom stereocenters. The van der Waals surface area contributed by atoms with Crippen molar-refractivity contribution < 1.29 is 80.5 Å². The van der Waals surface area contributed by atoms with Crippen molar-refractivity contribution in [1.29, 1.82) is 0 Å². The summed E-state index contributed by atoms with van der Waals surface area (Å²) >= 11 is 1.13. The van der Waals surface area contributed by atoms with Gasteiger partial charge in [-0.05, 0) is 51.4 Å². The second kappa shape index (κ2) is 31.3. The molecule has 3 heterocycles. The molecule has 71 heavy (non-hydrogen) atoms. The van der Waals surface area contributed by atoms with Gasteiger partial charge in [0.1, 0.15) is 36.3 Å². The van der Waals surface area contributed by atoms with Gasteiger partial charge in [-0.1, -0.05) is 100 Å². The lowest BCUT2D eigenvalue weighted by atomic mass is 9.87. The number of phosphoric ester groups is 3. The van der Waals surface area contributed by atoms with Crippen molar-refractivity contribution in [2.75, 3.05) is 37.8 Å². The second-order valence-corrected chi connectivity index (χ2v) is 22.4. The second-order valence-electron chi connectivity index (χ2n) is 17.0. The number of aliphatic hydroxyl groups is 2. The number of hydrogen-bond acceptors (Lipinski definition) is 18. The van der Waals surface area contributed by atoms with Gasteiger partial charge in [-0.3, -0.25) is 32.5 Å². The maximum atomic E-state index is 12.8. The monoisotopic (exact) mass is 1080 g/mol. The smallest absolute Gasteiger partial charge is 0.386 e. The lowest BCUT2D eigenvalue weighted by Gasteiger charge is -2.30. The molecule has 0 aliphatic carbocycles. The molecule has 1 fully saturated rings. The van der Waals surface area contributed by atoms with Gasteiger partial charge in [-0.15, -0.1) is 0 Å². The molecular weight excluding hydrogens is 1010 g/mol. The van der Waals surface area contributed by atoms with Gasteiger partial charge in [-0.25, -0.2) is 28.6 Å². The number of nitrogens with zero attached hydrogens (tertiary/aromatic N) is 4. The van der Waals surface area contributed by atoms with Crippen molar-refractivity contribution in [2.24, 2.45) is 5.41 Å². The van der Waals surface area contributed by atoms with Crippen LogP contribution in [0.4, 0.5) is 5.82 Å². The van der Waals surface area contributed by atoms with Gasteiger partial charge in [0, 0.05) is 37.1 Å². The third-order valence-corrected chi connectivity index (χ3v) is 14.5. The number of fused-ring (bicyclic) bond motifs is 1. The average Bonchev–Trinajstić information content (AvgIpc) is 3.86. The predicted molar refractivity (Wildman–Crippen MR) is 265 cm³/mol. The maximum absolute atomic E-state index is 12.8. The van der Waals surface area contributed by atoms with Gasteiger partial charge in [0.05, 0.1) is 19.5 Å². The number of nitrogens with one attached hydrogen (secondary N) is 2. The van der Waals surface area contributed by atoms with Gasteiger partial charge in [0.2, 0.25) is 11.8 Å². The highest BCUT2D eigenvalue weighted by molar-refractivity contribution is 8.13. The van der Waals surface area contributed by atoms with Crippen molar-refractivity contribution in [2.45, 2.75) is 135 Å². The molecule has 0 radical (unpaired) electrons. The Hall–Kier alpha value is -3.48. The van der Waals surface area contributed by atoms with E-state index in [-0.39, 0.29) is 41.6 Å². The molecule has 3 rings (SSSR count). The fraction of sp³-hybridized carbons (Fsp3) is 0.628. The molecule has 2 aromatic rings. The van der Waals surface area contributed by atoms with Crippen LogP contribution in [0.15, 0.2) is 61.3 Å². The van der Waals surface area contributed by atoms with E-state index in [9.17, 15) is 57.9 Å². The Balaban J connectivity index is 1.28. The number of imidazole rings is 1. The Bertz CT molecular complexity index is 2260. The molecule has 2 aromatic heterocycles. The fourth-order valence-electron chi connectivity index (χ4n) is 6.64. The van der Waals surface area contributed by atoms with Crippen LogP contribution in [0.3, 0.4) is 0 Å². The summed E-state index contributed by atoms with van der Waals surface area (Å²) in [6.45, 7) is 2.74. The molecule has 1 aliphatic rings. The number of carbonyl (C=O) groups is 3. The number of ether oxygens (including phenoxy) is 1. The summed E-state index contributed by atoms with van der Waals surface area (Å²) in [5.41, 5.74) is 4.28. The standard InChI is InChI=1S/C43H70N7O17P3S/c1-4-5-6-7-8-9-10-11-12-13-14-15-16-17-18-19-20-21-22-23-34(52)71-27-26-45-33(51)24-25-46-41(55)38(54)43(2,3)29-64-70(61,62)67-69(59,60)63-28-32-37(66-68(56,57)58)36(53)42(65-32)50-31-49-35-39(44)47-30-48-40(35)50/h8-9,11-12,14-15,17-18,30-32,36-38,42,53-54H,4-7,10,13,16,19-29H2,1-3H3,(H,45,51)(H,46,55)(H,59,60)(H,61,62)(H2,44,47,48)(H2,56,57,58)/b9-8-,12-11-,15-14-,18-17-/t32-,36?,37?,38+,42-/m1/s1. The van der Waals surface area contributed by atoms with Crippen LogP contribution in [0.25, 0.3) is 11.2 Å².